The van der Waals surface area contributed by atoms with Crippen LogP contribution in [0.2, 0.25) is 5.02 Å². The second-order valence-corrected chi connectivity index (χ2v) is 4.71. The van der Waals surface area contributed by atoms with E-state index in [-0.39, 0.29) is 0 Å². The molecule has 60 valence electrons. The predicted octanol–water partition coefficient (Wildman–Crippen LogP) is 1.85. The van der Waals surface area contributed by atoms with Crippen molar-refractivity contribution >= 4 is 36.7 Å². The molecule has 0 spiro atoms. The predicted molar refractivity (Wildman–Crippen MR) is 54.9 cm³/mol. The van der Waals surface area contributed by atoms with E-state index in [1.807, 2.05) is 6.07 Å². The maximum absolute atomic E-state index is 5.97. The van der Waals surface area contributed by atoms with Crippen molar-refractivity contribution in [3.8, 4) is 0 Å². The average Bonchev–Trinajstić information content (AvgIpc) is 2.04. The van der Waals surface area contributed by atoms with Crippen molar-refractivity contribution in [1.82, 2.24) is 0 Å². The van der Waals surface area contributed by atoms with Gasteiger partial charge in [-0.3, -0.25) is 0 Å². The molecule has 0 aliphatic rings. The minimum Gasteiger partial charge on any atom is -0.170 e. The molecule has 0 N–H and O–H groups in total. The van der Waals surface area contributed by atoms with Crippen molar-refractivity contribution in [2.45, 2.75) is 13.3 Å². The van der Waals surface area contributed by atoms with Gasteiger partial charge in [0.1, 0.15) is 0 Å². The SMILES string of the molecule is CCc1ccc([SiH2]Cl)cc1Cl. The summed E-state index contributed by atoms with van der Waals surface area (Å²) in [6.45, 7) is 2.10. The molecule has 1 aromatic carbocycles. The van der Waals surface area contributed by atoms with Gasteiger partial charge in [-0.2, -0.15) is 11.1 Å². The molecule has 0 aliphatic carbocycles. The van der Waals surface area contributed by atoms with Crippen molar-refractivity contribution in [3.05, 3.63) is 28.8 Å². The third-order valence-corrected chi connectivity index (χ3v) is 3.68. The summed E-state index contributed by atoms with van der Waals surface area (Å²) in [6.07, 6.45) is 0.989. The van der Waals surface area contributed by atoms with Crippen LogP contribution in [0.5, 0.6) is 0 Å². The molecule has 0 radical (unpaired) electrons. The van der Waals surface area contributed by atoms with E-state index in [1.165, 1.54) is 10.8 Å². The molecule has 0 nitrogen and oxygen atoms in total. The zero-order chi connectivity index (χ0) is 8.27. The van der Waals surface area contributed by atoms with Crippen LogP contribution < -0.4 is 5.19 Å². The van der Waals surface area contributed by atoms with E-state index in [1.54, 1.807) is 0 Å². The Balaban J connectivity index is 2.99. The fraction of sp³-hybridized carbons (Fsp3) is 0.250. The van der Waals surface area contributed by atoms with Crippen LogP contribution in [-0.4, -0.2) is 8.83 Å². The summed E-state index contributed by atoms with van der Waals surface area (Å²) in [5, 5.41) is 2.08. The lowest BCUT2D eigenvalue weighted by atomic mass is 10.2. The van der Waals surface area contributed by atoms with E-state index in [2.05, 4.69) is 19.1 Å². The molecule has 0 unspecified atom stereocenters. The molecule has 0 saturated heterocycles. The summed E-state index contributed by atoms with van der Waals surface area (Å²) in [5.41, 5.74) is 1.20. The summed E-state index contributed by atoms with van der Waals surface area (Å²) in [5.74, 6) is 0. The molecule has 0 saturated carbocycles. The molecule has 0 atom stereocenters. The maximum atomic E-state index is 5.97. The Labute approximate surface area is 79.0 Å². The van der Waals surface area contributed by atoms with Gasteiger partial charge in [0.25, 0.3) is 0 Å². The highest BCUT2D eigenvalue weighted by Gasteiger charge is 1.98. The summed E-state index contributed by atoms with van der Waals surface area (Å²) in [4.78, 5) is 0. The van der Waals surface area contributed by atoms with Gasteiger partial charge in [-0.05, 0) is 23.2 Å². The van der Waals surface area contributed by atoms with Crippen LogP contribution in [0.1, 0.15) is 12.5 Å². The topological polar surface area (TPSA) is 0 Å². The van der Waals surface area contributed by atoms with Gasteiger partial charge >= 0.3 is 0 Å². The first-order chi connectivity index (χ1) is 5.27. The molecule has 0 fully saturated rings. The van der Waals surface area contributed by atoms with Gasteiger partial charge in [-0.15, -0.1) is 0 Å². The Bertz CT molecular complexity index is 248. The molecule has 0 aromatic heterocycles. The Hall–Kier alpha value is 0.0169. The van der Waals surface area contributed by atoms with Gasteiger partial charge in [0, 0.05) is 5.02 Å². The lowest BCUT2D eigenvalue weighted by Crippen LogP contribution is -2.08. The summed E-state index contributed by atoms with van der Waals surface area (Å²) >= 11 is 11.7. The quantitative estimate of drug-likeness (QED) is 0.510. The third-order valence-electron chi connectivity index (χ3n) is 1.65. The van der Waals surface area contributed by atoms with Crippen LogP contribution in [0.3, 0.4) is 0 Å². The van der Waals surface area contributed by atoms with Gasteiger partial charge in [0.15, 0.2) is 8.83 Å². The first-order valence-electron chi connectivity index (χ1n) is 3.61. The minimum atomic E-state index is -0.566. The van der Waals surface area contributed by atoms with E-state index >= 15 is 0 Å². The number of rotatable bonds is 2. The number of hydrogen-bond acceptors (Lipinski definition) is 0. The van der Waals surface area contributed by atoms with E-state index in [4.69, 9.17) is 22.7 Å². The third kappa shape index (κ3) is 2.22. The maximum Gasteiger partial charge on any atom is 0.155 e. The first kappa shape index (κ1) is 9.11. The molecule has 1 rings (SSSR count). The smallest absolute Gasteiger partial charge is 0.155 e. The monoisotopic (exact) mass is 204 g/mol. The summed E-state index contributed by atoms with van der Waals surface area (Å²) in [6, 6.07) is 6.12. The van der Waals surface area contributed by atoms with Gasteiger partial charge < -0.3 is 0 Å². The molecule has 0 heterocycles. The van der Waals surface area contributed by atoms with E-state index < -0.39 is 8.83 Å². The second-order valence-electron chi connectivity index (χ2n) is 2.41. The van der Waals surface area contributed by atoms with E-state index in [0.29, 0.717) is 0 Å². The standard InChI is InChI=1S/C8H10Cl2Si/c1-2-6-3-4-7(11-10)5-8(6)9/h3-5H,2,11H2,1H3. The van der Waals surface area contributed by atoms with E-state index in [9.17, 15) is 0 Å². The van der Waals surface area contributed by atoms with Crippen LogP contribution in [0.4, 0.5) is 0 Å². The van der Waals surface area contributed by atoms with Crippen LogP contribution in [-0.2, 0) is 6.42 Å². The Morgan fingerprint density at radius 1 is 1.45 bits per heavy atom. The largest absolute Gasteiger partial charge is 0.170 e. The summed E-state index contributed by atoms with van der Waals surface area (Å²) < 4.78 is 0. The highest BCUT2D eigenvalue weighted by atomic mass is 35.6. The van der Waals surface area contributed by atoms with Gasteiger partial charge in [-0.1, -0.05) is 30.7 Å². The van der Waals surface area contributed by atoms with Crippen molar-refractivity contribution < 1.29 is 0 Å². The minimum absolute atomic E-state index is 0.566. The molecule has 11 heavy (non-hydrogen) atoms. The molecule has 0 aliphatic heterocycles. The van der Waals surface area contributed by atoms with Crippen molar-refractivity contribution in [3.63, 3.8) is 0 Å². The number of benzene rings is 1. The van der Waals surface area contributed by atoms with Crippen LogP contribution >= 0.6 is 22.7 Å². The molecular formula is C8H10Cl2Si. The first-order valence-corrected chi connectivity index (χ1v) is 6.83. The molecule has 1 aromatic rings. The van der Waals surface area contributed by atoms with Crippen molar-refractivity contribution in [2.24, 2.45) is 0 Å². The fourth-order valence-corrected chi connectivity index (χ4v) is 2.41. The highest BCUT2D eigenvalue weighted by Crippen LogP contribution is 2.13. The number of aryl methyl sites for hydroxylation is 1. The average molecular weight is 205 g/mol. The Morgan fingerprint density at radius 3 is 2.64 bits per heavy atom. The van der Waals surface area contributed by atoms with E-state index in [0.717, 1.165) is 11.4 Å². The normalized spacial score (nSPS) is 11.2. The Kier molecular flexibility index (Phi) is 3.43. The van der Waals surface area contributed by atoms with Gasteiger partial charge in [0.05, 0.1) is 0 Å². The van der Waals surface area contributed by atoms with Crippen molar-refractivity contribution in [2.75, 3.05) is 0 Å². The number of hydrogen-bond donors (Lipinski definition) is 0. The van der Waals surface area contributed by atoms with Crippen LogP contribution in [0.15, 0.2) is 18.2 Å². The summed E-state index contributed by atoms with van der Waals surface area (Å²) in [7, 11) is -0.566. The lowest BCUT2D eigenvalue weighted by Gasteiger charge is -2.01. The van der Waals surface area contributed by atoms with Crippen LogP contribution in [0.25, 0.3) is 0 Å². The molecule has 0 bridgehead atoms. The highest BCUT2D eigenvalue weighted by molar-refractivity contribution is 7.01. The van der Waals surface area contributed by atoms with Gasteiger partial charge in [0.2, 0.25) is 0 Å². The van der Waals surface area contributed by atoms with Crippen molar-refractivity contribution in [1.29, 1.82) is 0 Å². The van der Waals surface area contributed by atoms with Gasteiger partial charge in [-0.25, -0.2) is 0 Å². The zero-order valence-electron chi connectivity index (χ0n) is 6.40. The number of halogens is 2. The van der Waals surface area contributed by atoms with Crippen LogP contribution in [0, 0.1) is 0 Å². The molecular weight excluding hydrogens is 195 g/mol. The zero-order valence-corrected chi connectivity index (χ0v) is 9.33. The Morgan fingerprint density at radius 2 is 2.18 bits per heavy atom. The fourth-order valence-electron chi connectivity index (χ4n) is 0.961. The molecule has 0 amide bonds. The lowest BCUT2D eigenvalue weighted by molar-refractivity contribution is 1.14. The second kappa shape index (κ2) is 4.15. The molecule has 3 heteroatoms.